The van der Waals surface area contributed by atoms with E-state index in [1.54, 1.807) is 0 Å². The van der Waals surface area contributed by atoms with Gasteiger partial charge >= 0.3 is 0 Å². The predicted molar refractivity (Wildman–Crippen MR) is 278 cm³/mol. The summed E-state index contributed by atoms with van der Waals surface area (Å²) in [6.07, 6.45) is -59.5. The first kappa shape index (κ1) is 74.0. The molecule has 0 aromatic carbocycles. The summed E-state index contributed by atoms with van der Waals surface area (Å²) < 4.78 is 75.3. The molecule has 23 N–H and O–H groups in total. The van der Waals surface area contributed by atoms with E-state index < -0.39 is 285 Å². The minimum atomic E-state index is -2.29. The van der Waals surface area contributed by atoms with E-state index in [9.17, 15) is 116 Å². The maximum atomic E-state index is 12.7. The van der Waals surface area contributed by atoms with Crippen LogP contribution in [0.2, 0.25) is 0 Å². The SMILES string of the molecule is CC(=O)N[C@@H]1[C@@H](O[C@@H]2O[C@H](CO)[C@H](O)[C@H](O[C@@H]3O[C@H](CO)[C@H](O)[C@H](O[C@@H]4O[C@H](CO)[C@H](O)[C@H](O)[C@H]4O)[C@H]3NC(C)=O)[C@H]2O)[C@@H](O)[C@@H](CO[C@@H]2O[C@H](CO)[C@@H](O[C@@H]3O[C@H](CO)[C@H](O)[C@H](O[C@@H]4O[C@H](CO)[C@H](O)[C@H](O)[C@H]4NC(C)=O)[C@H]3O)[C@H](O)[C@H]2NC(C)=O)O[C@@H]1O. The summed E-state index contributed by atoms with van der Waals surface area (Å²) in [6.45, 7) is -2.78. The number of hydrogen-bond donors (Lipinski definition) is 23. The maximum absolute atomic E-state index is 12.7. The van der Waals surface area contributed by atoms with E-state index in [1.807, 2.05) is 0 Å². The molecule has 7 heterocycles. The molecule has 7 saturated heterocycles. The Balaban J connectivity index is 1.09. The van der Waals surface area contributed by atoms with Crippen LogP contribution < -0.4 is 21.3 Å². The topological polar surface area (TPSA) is 621 Å². The number of aliphatic hydroxyl groups excluding tert-OH is 19. The van der Waals surface area contributed by atoms with Crippen molar-refractivity contribution in [3.8, 4) is 0 Å². The van der Waals surface area contributed by atoms with Gasteiger partial charge in [-0.3, -0.25) is 19.2 Å². The number of amides is 4. The van der Waals surface area contributed by atoms with E-state index in [-0.39, 0.29) is 0 Å². The normalized spacial score (nSPS) is 47.6. The molecule has 40 heteroatoms. The molecule has 40 nitrogen and oxygen atoms in total. The van der Waals surface area contributed by atoms with Gasteiger partial charge in [0, 0.05) is 27.7 Å². The van der Waals surface area contributed by atoms with Crippen LogP contribution in [-0.2, 0) is 80.8 Å². The molecular weight excluding hydrogens is 1230 g/mol. The van der Waals surface area contributed by atoms with Gasteiger partial charge in [-0.05, 0) is 0 Å². The van der Waals surface area contributed by atoms with Crippen LogP contribution in [0.1, 0.15) is 27.7 Å². The highest BCUT2D eigenvalue weighted by molar-refractivity contribution is 5.74. The Morgan fingerprint density at radius 3 is 1.04 bits per heavy atom. The van der Waals surface area contributed by atoms with Crippen molar-refractivity contribution in [1.29, 1.82) is 0 Å². The first-order valence-corrected chi connectivity index (χ1v) is 28.6. The van der Waals surface area contributed by atoms with Gasteiger partial charge in [-0.1, -0.05) is 0 Å². The molecule has 0 saturated carbocycles. The standard InChI is InChI=1S/C50H84N4O36/c1-12(61)51-23-33(71)27(65)16(5-55)80-46(23)89-42-30(68)19(8-58)83-49(37(42)75)86-39-21(10-60)85-45(24(34(39)72)52-13(2)62)78-11-22-32(70)40(25(44(77)79-22)53-14(3)63)87-50-38(76)43(31(69)20(9-59)84-50)90-47-26(54-15(4)64)41(29(67)18(7-57)81-47)88-48-36(74)35(73)28(66)17(6-56)82-48/h16-50,55-60,65-77H,5-11H2,1-4H3,(H,51,61)(H,52,62)(H,53,63)(H,54,64)/t16-,17-,18-,19-,20-,21-,22-,23-,24-,25-,26-,27+,28+,29+,30+,31+,32+,33-,34-,35+,36-,37-,38-,39-,40-,41-,42+,43+,44+,45-,46+,47+,48+,49+,50+/m1/s1. The van der Waals surface area contributed by atoms with Crippen molar-refractivity contribution in [3.63, 3.8) is 0 Å². The Morgan fingerprint density at radius 1 is 0.289 bits per heavy atom. The van der Waals surface area contributed by atoms with Crippen molar-refractivity contribution in [1.82, 2.24) is 21.3 Å². The number of nitrogens with one attached hydrogen (secondary N) is 4. The maximum Gasteiger partial charge on any atom is 0.217 e. The molecule has 7 rings (SSSR count). The van der Waals surface area contributed by atoms with Gasteiger partial charge in [-0.2, -0.15) is 0 Å². The zero-order valence-corrected chi connectivity index (χ0v) is 48.6. The summed E-state index contributed by atoms with van der Waals surface area (Å²) >= 11 is 0. The van der Waals surface area contributed by atoms with Gasteiger partial charge in [-0.25, -0.2) is 0 Å². The first-order valence-electron chi connectivity index (χ1n) is 28.6. The van der Waals surface area contributed by atoms with E-state index in [0.717, 1.165) is 27.7 Å². The molecule has 520 valence electrons. The number of carbonyl (C=O) groups is 4. The van der Waals surface area contributed by atoms with E-state index in [0.29, 0.717) is 0 Å². The molecule has 7 fully saturated rings. The molecule has 7 aliphatic rings. The van der Waals surface area contributed by atoms with Crippen LogP contribution in [0.15, 0.2) is 0 Å². The Labute approximate surface area is 510 Å². The summed E-state index contributed by atoms with van der Waals surface area (Å²) in [6, 6.07) is -6.87. The minimum absolute atomic E-state index is 0.756. The fraction of sp³-hybridized carbons (Fsp3) is 0.920. The Kier molecular flexibility index (Phi) is 26.6. The van der Waals surface area contributed by atoms with E-state index in [4.69, 9.17) is 61.6 Å². The third kappa shape index (κ3) is 16.4. The van der Waals surface area contributed by atoms with Crippen molar-refractivity contribution in [2.45, 2.75) is 242 Å². The van der Waals surface area contributed by atoms with Crippen molar-refractivity contribution < 1.29 is 178 Å². The minimum Gasteiger partial charge on any atom is -0.394 e. The molecule has 0 bridgehead atoms. The van der Waals surface area contributed by atoms with Crippen molar-refractivity contribution in [2.75, 3.05) is 46.2 Å². The summed E-state index contributed by atoms with van der Waals surface area (Å²) in [5, 5.41) is 216. The quantitative estimate of drug-likeness (QED) is 0.0452. The van der Waals surface area contributed by atoms with Gasteiger partial charge in [0.2, 0.25) is 23.6 Å². The van der Waals surface area contributed by atoms with Crippen LogP contribution in [0.5, 0.6) is 0 Å². The average Bonchev–Trinajstić information content (AvgIpc) is 0.931. The molecule has 35 atom stereocenters. The van der Waals surface area contributed by atoms with Gasteiger partial charge in [0.05, 0.1) is 46.2 Å². The van der Waals surface area contributed by atoms with Crippen LogP contribution in [-0.4, -0.2) is 382 Å². The molecule has 0 unspecified atom stereocenters. The Bertz CT molecular complexity index is 2310. The third-order valence-corrected chi connectivity index (χ3v) is 16.1. The molecule has 0 aliphatic carbocycles. The number of hydrogen-bond acceptors (Lipinski definition) is 36. The Morgan fingerprint density at radius 2 is 0.600 bits per heavy atom. The number of rotatable bonds is 23. The van der Waals surface area contributed by atoms with Crippen LogP contribution in [0.25, 0.3) is 0 Å². The highest BCUT2D eigenvalue weighted by atomic mass is 16.8. The van der Waals surface area contributed by atoms with Crippen molar-refractivity contribution in [3.05, 3.63) is 0 Å². The molecule has 0 aromatic rings. The lowest BCUT2D eigenvalue weighted by atomic mass is 9.94. The number of ether oxygens (including phenoxy) is 13. The third-order valence-electron chi connectivity index (χ3n) is 16.1. The zero-order chi connectivity index (χ0) is 66.5. The van der Waals surface area contributed by atoms with Crippen molar-refractivity contribution in [2.24, 2.45) is 0 Å². The van der Waals surface area contributed by atoms with E-state index >= 15 is 0 Å². The predicted octanol–water partition coefficient (Wildman–Crippen LogP) is -15.7. The van der Waals surface area contributed by atoms with Gasteiger partial charge < -0.3 is 180 Å². The molecule has 0 aromatic heterocycles. The first-order chi connectivity index (χ1) is 42.5. The van der Waals surface area contributed by atoms with Gasteiger partial charge in [0.1, 0.15) is 171 Å². The van der Waals surface area contributed by atoms with Crippen LogP contribution in [0.4, 0.5) is 0 Å². The lowest BCUT2D eigenvalue weighted by molar-refractivity contribution is -0.377. The molecule has 7 aliphatic heterocycles. The number of aliphatic hydroxyl groups is 19. The molecule has 4 amide bonds. The fourth-order valence-electron chi connectivity index (χ4n) is 11.5. The van der Waals surface area contributed by atoms with E-state index in [2.05, 4.69) is 21.3 Å². The number of carbonyl (C=O) groups excluding carboxylic acids is 4. The van der Waals surface area contributed by atoms with Crippen LogP contribution in [0, 0.1) is 0 Å². The molecule has 90 heavy (non-hydrogen) atoms. The smallest absolute Gasteiger partial charge is 0.217 e. The second kappa shape index (κ2) is 32.4. The second-order valence-corrected chi connectivity index (χ2v) is 22.5. The summed E-state index contributed by atoms with van der Waals surface area (Å²) in [5.41, 5.74) is 0. The fourth-order valence-corrected chi connectivity index (χ4v) is 11.5. The zero-order valence-electron chi connectivity index (χ0n) is 48.6. The summed E-state index contributed by atoms with van der Waals surface area (Å²) in [4.78, 5) is 50.1. The van der Waals surface area contributed by atoms with Gasteiger partial charge in [0.25, 0.3) is 0 Å². The Hall–Kier alpha value is -3.40. The lowest BCUT2D eigenvalue weighted by Gasteiger charge is -2.50. The van der Waals surface area contributed by atoms with Crippen LogP contribution >= 0.6 is 0 Å². The lowest BCUT2D eigenvalue weighted by Crippen LogP contribution is -2.70. The molecule has 0 radical (unpaired) electrons. The average molecular weight is 1320 g/mol. The van der Waals surface area contributed by atoms with Gasteiger partial charge in [0.15, 0.2) is 44.0 Å². The van der Waals surface area contributed by atoms with Crippen molar-refractivity contribution >= 4 is 23.6 Å². The summed E-state index contributed by atoms with van der Waals surface area (Å²) in [7, 11) is 0. The highest BCUT2D eigenvalue weighted by Gasteiger charge is 2.59. The van der Waals surface area contributed by atoms with Gasteiger partial charge in [-0.15, -0.1) is 0 Å². The summed E-state index contributed by atoms with van der Waals surface area (Å²) in [5.74, 6) is -3.32. The highest BCUT2D eigenvalue weighted by Crippen LogP contribution is 2.37. The molecule has 0 spiro atoms. The largest absolute Gasteiger partial charge is 0.394 e. The van der Waals surface area contributed by atoms with E-state index in [1.165, 1.54) is 0 Å². The second-order valence-electron chi connectivity index (χ2n) is 22.5. The monoisotopic (exact) mass is 1320 g/mol. The van der Waals surface area contributed by atoms with Crippen LogP contribution in [0.3, 0.4) is 0 Å². The molecular formula is C50H84N4O36.